The van der Waals surface area contributed by atoms with Crippen LogP contribution in [0.25, 0.3) is 10.8 Å². The molecule has 4 rings (SSSR count). The van der Waals surface area contributed by atoms with Crippen molar-refractivity contribution >= 4 is 66.7 Å². The summed E-state index contributed by atoms with van der Waals surface area (Å²) in [5, 5.41) is 18.9. The van der Waals surface area contributed by atoms with Crippen molar-refractivity contribution in [2.45, 2.75) is 0 Å². The van der Waals surface area contributed by atoms with Crippen molar-refractivity contribution in [2.24, 2.45) is 10.2 Å². The van der Waals surface area contributed by atoms with Gasteiger partial charge in [-0.15, -0.1) is 10.2 Å². The first-order chi connectivity index (χ1) is 14.7. The summed E-state index contributed by atoms with van der Waals surface area (Å²) in [6.07, 6.45) is 3.47. The molecule has 0 unspecified atom stereocenters. The van der Waals surface area contributed by atoms with E-state index in [1.807, 2.05) is 72.8 Å². The molecule has 0 saturated carbocycles. The molecule has 0 fully saturated rings. The van der Waals surface area contributed by atoms with Gasteiger partial charge in [0.25, 0.3) is 0 Å². The van der Waals surface area contributed by atoms with Crippen molar-refractivity contribution < 1.29 is 0 Å². The Morgan fingerprint density at radius 2 is 1.00 bits per heavy atom. The standard InChI is InChI=1S/C22H16Br2N6/c23-17-9-5-15(6-10-17)13-25-27-21-19-3-1-2-4-20(19)22(30-29-21)28-26-14-16-7-11-18(24)12-8-16/h1-14H,(H,27,29)(H,28,30)/b25-13-,26-14+. The highest BCUT2D eigenvalue weighted by Crippen LogP contribution is 2.26. The fourth-order valence-electron chi connectivity index (χ4n) is 2.70. The number of hydrogen-bond acceptors (Lipinski definition) is 6. The quantitative estimate of drug-likeness (QED) is 0.238. The van der Waals surface area contributed by atoms with Crippen LogP contribution in [0.2, 0.25) is 0 Å². The molecule has 0 atom stereocenters. The van der Waals surface area contributed by atoms with Crippen molar-refractivity contribution in [1.29, 1.82) is 0 Å². The van der Waals surface area contributed by atoms with Crippen molar-refractivity contribution in [2.75, 3.05) is 10.9 Å². The van der Waals surface area contributed by atoms with Gasteiger partial charge in [-0.25, -0.2) is 0 Å². The van der Waals surface area contributed by atoms with Crippen LogP contribution < -0.4 is 10.9 Å². The number of hydrogen-bond donors (Lipinski definition) is 2. The molecule has 0 radical (unpaired) electrons. The number of nitrogens with one attached hydrogen (secondary N) is 2. The van der Waals surface area contributed by atoms with E-state index < -0.39 is 0 Å². The van der Waals surface area contributed by atoms with E-state index in [0.29, 0.717) is 11.6 Å². The highest BCUT2D eigenvalue weighted by molar-refractivity contribution is 9.10. The van der Waals surface area contributed by atoms with Crippen LogP contribution in [0.15, 0.2) is 91.9 Å². The van der Waals surface area contributed by atoms with E-state index in [4.69, 9.17) is 0 Å². The minimum atomic E-state index is 0.571. The third-order valence-electron chi connectivity index (χ3n) is 4.20. The summed E-state index contributed by atoms with van der Waals surface area (Å²) in [7, 11) is 0. The fraction of sp³-hybridized carbons (Fsp3) is 0. The van der Waals surface area contributed by atoms with Gasteiger partial charge in [0.2, 0.25) is 0 Å². The Morgan fingerprint density at radius 3 is 1.40 bits per heavy atom. The molecule has 0 amide bonds. The number of benzene rings is 3. The first-order valence-corrected chi connectivity index (χ1v) is 10.6. The van der Waals surface area contributed by atoms with Gasteiger partial charge in [0.1, 0.15) is 0 Å². The maximum atomic E-state index is 4.28. The zero-order valence-corrected chi connectivity index (χ0v) is 18.8. The van der Waals surface area contributed by atoms with Gasteiger partial charge >= 0.3 is 0 Å². The summed E-state index contributed by atoms with van der Waals surface area (Å²) in [6, 6.07) is 23.5. The largest absolute Gasteiger partial charge is 0.259 e. The van der Waals surface area contributed by atoms with Crippen LogP contribution in [0.4, 0.5) is 11.6 Å². The van der Waals surface area contributed by atoms with Crippen LogP contribution in [0, 0.1) is 0 Å². The second kappa shape index (κ2) is 9.60. The van der Waals surface area contributed by atoms with Crippen molar-refractivity contribution in [1.82, 2.24) is 10.2 Å². The van der Waals surface area contributed by atoms with Crippen molar-refractivity contribution in [3.05, 3.63) is 92.9 Å². The number of fused-ring (bicyclic) bond motifs is 1. The molecular weight excluding hydrogens is 508 g/mol. The predicted octanol–water partition coefficient (Wildman–Crippen LogP) is 6.05. The molecule has 30 heavy (non-hydrogen) atoms. The summed E-state index contributed by atoms with van der Waals surface area (Å²) in [5.41, 5.74) is 7.91. The van der Waals surface area contributed by atoms with Crippen LogP contribution in [0.5, 0.6) is 0 Å². The Labute approximate surface area is 190 Å². The lowest BCUT2D eigenvalue weighted by Gasteiger charge is -2.08. The van der Waals surface area contributed by atoms with E-state index in [-0.39, 0.29) is 0 Å². The number of rotatable bonds is 6. The highest BCUT2D eigenvalue weighted by atomic mass is 79.9. The summed E-state index contributed by atoms with van der Waals surface area (Å²) >= 11 is 6.84. The molecular formula is C22H16Br2N6. The van der Waals surface area contributed by atoms with Gasteiger partial charge in [-0.1, -0.05) is 80.4 Å². The van der Waals surface area contributed by atoms with Crippen LogP contribution >= 0.6 is 31.9 Å². The molecule has 3 aromatic carbocycles. The normalized spacial score (nSPS) is 11.4. The van der Waals surface area contributed by atoms with Crippen LogP contribution in [-0.2, 0) is 0 Å². The molecule has 6 nitrogen and oxygen atoms in total. The maximum Gasteiger partial charge on any atom is 0.176 e. The van der Waals surface area contributed by atoms with E-state index in [0.717, 1.165) is 30.8 Å². The molecule has 8 heteroatoms. The number of halogens is 2. The zero-order chi connectivity index (χ0) is 20.8. The predicted molar refractivity (Wildman–Crippen MR) is 130 cm³/mol. The molecule has 2 N–H and O–H groups in total. The van der Waals surface area contributed by atoms with Crippen molar-refractivity contribution in [3.8, 4) is 0 Å². The Morgan fingerprint density at radius 1 is 0.600 bits per heavy atom. The molecule has 0 saturated heterocycles. The Bertz CT molecular complexity index is 1110. The molecule has 0 bridgehead atoms. The Hall–Kier alpha value is -3.10. The van der Waals surface area contributed by atoms with Crippen LogP contribution in [-0.4, -0.2) is 22.6 Å². The lowest BCUT2D eigenvalue weighted by molar-refractivity contribution is 1.03. The molecule has 0 spiro atoms. The van der Waals surface area contributed by atoms with Crippen LogP contribution in [0.1, 0.15) is 11.1 Å². The molecule has 0 aliphatic carbocycles. The molecule has 1 aromatic heterocycles. The van der Waals surface area contributed by atoms with Gasteiger partial charge in [-0.2, -0.15) is 10.2 Å². The third-order valence-corrected chi connectivity index (χ3v) is 5.25. The summed E-state index contributed by atoms with van der Waals surface area (Å²) in [6.45, 7) is 0. The van der Waals surface area contributed by atoms with E-state index in [1.165, 1.54) is 0 Å². The summed E-state index contributed by atoms with van der Waals surface area (Å²) in [5.74, 6) is 1.14. The van der Waals surface area contributed by atoms with E-state index >= 15 is 0 Å². The van der Waals surface area contributed by atoms with Gasteiger partial charge < -0.3 is 0 Å². The molecule has 0 aliphatic heterocycles. The average Bonchev–Trinajstić information content (AvgIpc) is 2.77. The Balaban J connectivity index is 1.52. The summed E-state index contributed by atoms with van der Waals surface area (Å²) < 4.78 is 2.05. The smallest absolute Gasteiger partial charge is 0.176 e. The first-order valence-electron chi connectivity index (χ1n) is 9.04. The molecule has 4 aromatic rings. The second-order valence-corrected chi connectivity index (χ2v) is 8.12. The molecule has 0 aliphatic rings. The van der Waals surface area contributed by atoms with E-state index in [2.05, 4.69) is 63.1 Å². The lowest BCUT2D eigenvalue weighted by atomic mass is 10.2. The maximum absolute atomic E-state index is 4.28. The SMILES string of the molecule is Brc1ccc(/C=N\Nc2nnc(N/N=C/c3ccc(Br)cc3)c3ccccc23)cc1. The number of hydrazone groups is 2. The van der Waals surface area contributed by atoms with Gasteiger partial charge in [-0.05, 0) is 35.4 Å². The minimum Gasteiger partial charge on any atom is -0.259 e. The van der Waals surface area contributed by atoms with Gasteiger partial charge in [0.15, 0.2) is 11.6 Å². The molecule has 148 valence electrons. The van der Waals surface area contributed by atoms with Crippen molar-refractivity contribution in [3.63, 3.8) is 0 Å². The number of anilines is 2. The second-order valence-electron chi connectivity index (χ2n) is 6.29. The van der Waals surface area contributed by atoms with Crippen LogP contribution in [0.3, 0.4) is 0 Å². The minimum absolute atomic E-state index is 0.571. The topological polar surface area (TPSA) is 74.6 Å². The molecule has 1 heterocycles. The monoisotopic (exact) mass is 522 g/mol. The average molecular weight is 524 g/mol. The fourth-order valence-corrected chi connectivity index (χ4v) is 3.23. The van der Waals surface area contributed by atoms with Gasteiger partial charge in [0, 0.05) is 19.7 Å². The van der Waals surface area contributed by atoms with Gasteiger partial charge in [-0.3, -0.25) is 10.9 Å². The Kier molecular flexibility index (Phi) is 6.46. The lowest BCUT2D eigenvalue weighted by Crippen LogP contribution is -2.01. The zero-order valence-electron chi connectivity index (χ0n) is 15.6. The van der Waals surface area contributed by atoms with E-state index in [9.17, 15) is 0 Å². The number of aromatic nitrogens is 2. The highest BCUT2D eigenvalue weighted by Gasteiger charge is 2.07. The first kappa shape index (κ1) is 20.2. The van der Waals surface area contributed by atoms with Gasteiger partial charge in [0.05, 0.1) is 12.4 Å². The van der Waals surface area contributed by atoms with E-state index in [1.54, 1.807) is 12.4 Å². The third kappa shape index (κ3) is 5.08. The summed E-state index contributed by atoms with van der Waals surface area (Å²) in [4.78, 5) is 0. The number of nitrogens with zero attached hydrogens (tertiary/aromatic N) is 4.